The minimum absolute atomic E-state index is 0.0251. The number of anilines is 2. The highest BCUT2D eigenvalue weighted by Gasteiger charge is 2.45. The SMILES string of the molecule is COc1ccc(C(OC[C@H]2O[C@@H](n3ccc(NC(=O)Nc4ccc(-c5c6ccc(=O)cc-6oc6cc(OCCc7ccc([N+](=O)[O-])cc7)ccc56)c(C(=O)OCCc5ccc([N+](=O)[O-])cc5)c4)nc3=O)C[C@@H]2OP(OCCc2ccc([N+](=O)[O-])cc2)N(C(C)C)C(C)C)(c2ccccc2)c2ccc(OC)cc2)cc1. The molecule has 0 radical (unpaired) electrons. The smallest absolute Gasteiger partial charge is 0.351 e. The quantitative estimate of drug-likeness (QED) is 0.00987. The third kappa shape index (κ3) is 18.1. The Hall–Kier alpha value is -12.1. The van der Waals surface area contributed by atoms with E-state index >= 15 is 0 Å². The van der Waals surface area contributed by atoms with E-state index in [1.165, 1.54) is 71.4 Å². The highest BCUT2D eigenvalue weighted by Crippen LogP contribution is 2.51. The number of carbonyl (C=O) groups excluding carboxylic acids is 2. The van der Waals surface area contributed by atoms with Gasteiger partial charge in [0.15, 0.2) is 5.43 Å². The number of ether oxygens (including phenoxy) is 6. The van der Waals surface area contributed by atoms with Gasteiger partial charge < -0.3 is 47.2 Å². The van der Waals surface area contributed by atoms with Crippen LogP contribution in [0.15, 0.2) is 233 Å². The number of non-ortho nitro benzene ring substituents is 3. The number of fused-ring (bicyclic) bond motifs is 2. The molecule has 1 aromatic heterocycles. The van der Waals surface area contributed by atoms with Crippen molar-refractivity contribution in [1.29, 1.82) is 0 Å². The summed E-state index contributed by atoms with van der Waals surface area (Å²) in [5, 5.41) is 40.1. The van der Waals surface area contributed by atoms with Crippen LogP contribution in [0, 0.1) is 30.3 Å². The summed E-state index contributed by atoms with van der Waals surface area (Å²) in [6.07, 6.45) is -0.173. The molecule has 109 heavy (non-hydrogen) atoms. The average molecular weight is 1500 g/mol. The first-order chi connectivity index (χ1) is 52.6. The van der Waals surface area contributed by atoms with Crippen LogP contribution in [-0.2, 0) is 48.1 Å². The summed E-state index contributed by atoms with van der Waals surface area (Å²) >= 11 is 0. The average Bonchev–Trinajstić information content (AvgIpc) is 0.890. The number of hydrogen-bond donors (Lipinski definition) is 2. The number of carbonyl (C=O) groups is 2. The number of nitro groups is 3. The molecule has 4 atom stereocenters. The Morgan fingerprint density at radius 1 is 0.624 bits per heavy atom. The van der Waals surface area contributed by atoms with E-state index in [1.807, 2.05) is 107 Å². The van der Waals surface area contributed by atoms with E-state index < -0.39 is 65.0 Å². The predicted octanol–water partition coefficient (Wildman–Crippen LogP) is 15.8. The standard InChI is InChI=1S/C81H77N8O19P/c1-51(2)86(52(3)4)109(105-45-41-55-16-27-62(28-17-55)89(98)99)108-73-49-76(107-74(73)50-104-81(56-10-8-7-9-11-56,57-18-30-64(100-5)31-19-57)58-20-32-65(101-6)33-21-58)85-42-38-75(84-80(85)93)83-79(92)82-59-22-35-67(70(46-59)78(91)103-44-40-54-14-25-61(26-15-54)88(96)97)77-68-36-29-63(90)47-71(68)106-72-48-66(34-37-69(72)77)102-43-39-53-12-23-60(24-13-53)87(94)95/h7-38,42,46-48,51-52,73-74,76H,39-41,43-45,49-50H2,1-6H3,(H2,82,83,84,92,93)/t73-,74+,76+,109?/m0/s1. The van der Waals surface area contributed by atoms with Crippen molar-refractivity contribution in [2.45, 2.75) is 89.5 Å². The molecule has 12 rings (SSSR count). The zero-order valence-corrected chi connectivity index (χ0v) is 61.1. The molecule has 1 unspecified atom stereocenters. The third-order valence-electron chi connectivity index (χ3n) is 18.4. The number of rotatable bonds is 32. The molecule has 1 fully saturated rings. The van der Waals surface area contributed by atoms with Gasteiger partial charge in [-0.25, -0.2) is 19.1 Å². The maximum Gasteiger partial charge on any atom is 0.351 e. The molecule has 8 aromatic carbocycles. The van der Waals surface area contributed by atoms with Crippen LogP contribution in [0.5, 0.6) is 17.2 Å². The monoisotopic (exact) mass is 1500 g/mol. The fourth-order valence-corrected chi connectivity index (χ4v) is 14.9. The molecule has 3 aliphatic rings. The second-order valence-electron chi connectivity index (χ2n) is 26.1. The fraction of sp³-hybridized carbons (Fsp3) is 0.247. The number of nitro benzene ring substituents is 3. The lowest BCUT2D eigenvalue weighted by atomic mass is 9.80. The molecule has 27 nitrogen and oxygen atoms in total. The van der Waals surface area contributed by atoms with Gasteiger partial charge >= 0.3 is 17.7 Å². The van der Waals surface area contributed by atoms with Crippen LogP contribution < -0.4 is 36.0 Å². The van der Waals surface area contributed by atoms with Crippen molar-refractivity contribution >= 4 is 60.1 Å². The highest BCUT2D eigenvalue weighted by atomic mass is 31.2. The van der Waals surface area contributed by atoms with Crippen LogP contribution >= 0.6 is 8.53 Å². The second-order valence-corrected chi connectivity index (χ2v) is 27.5. The van der Waals surface area contributed by atoms with Crippen molar-refractivity contribution in [3.8, 4) is 39.7 Å². The van der Waals surface area contributed by atoms with Gasteiger partial charge in [-0.15, -0.1) is 0 Å². The second kappa shape index (κ2) is 34.6. The van der Waals surface area contributed by atoms with Crippen LogP contribution in [-0.4, -0.2) is 106 Å². The highest BCUT2D eigenvalue weighted by molar-refractivity contribution is 7.44. The molecule has 1 saturated heterocycles. The van der Waals surface area contributed by atoms with Crippen LogP contribution in [0.3, 0.4) is 0 Å². The van der Waals surface area contributed by atoms with Crippen molar-refractivity contribution in [2.24, 2.45) is 0 Å². The minimum Gasteiger partial charge on any atom is -0.497 e. The third-order valence-corrected chi connectivity index (χ3v) is 20.6. The largest absolute Gasteiger partial charge is 0.497 e. The Bertz CT molecular complexity index is 5090. The first-order valence-electron chi connectivity index (χ1n) is 35.0. The van der Waals surface area contributed by atoms with Gasteiger partial charge in [0.25, 0.3) is 25.6 Å². The van der Waals surface area contributed by atoms with Gasteiger partial charge in [-0.3, -0.25) is 45.0 Å². The van der Waals surface area contributed by atoms with Crippen molar-refractivity contribution in [1.82, 2.24) is 14.2 Å². The van der Waals surface area contributed by atoms with Crippen molar-refractivity contribution in [3.05, 3.63) is 309 Å². The lowest BCUT2D eigenvalue weighted by Gasteiger charge is -2.39. The summed E-state index contributed by atoms with van der Waals surface area (Å²) in [6, 6.07) is 57.5. The Balaban J connectivity index is 0.836. The topological polar surface area (TPSA) is 330 Å². The number of urea groups is 1. The first kappa shape index (κ1) is 76.5. The predicted molar refractivity (Wildman–Crippen MR) is 409 cm³/mol. The number of hydrogen-bond acceptors (Lipinski definition) is 21. The summed E-state index contributed by atoms with van der Waals surface area (Å²) < 4.78 is 61.4. The summed E-state index contributed by atoms with van der Waals surface area (Å²) in [7, 11) is 1.29. The summed E-state index contributed by atoms with van der Waals surface area (Å²) in [5.41, 5.74) is 3.53. The Labute approximate surface area is 626 Å². The van der Waals surface area contributed by atoms with E-state index in [-0.39, 0.29) is 102 Å². The zero-order valence-electron chi connectivity index (χ0n) is 60.2. The molecule has 3 heterocycles. The fourth-order valence-electron chi connectivity index (χ4n) is 13.1. The van der Waals surface area contributed by atoms with Crippen LogP contribution in [0.2, 0.25) is 0 Å². The number of methoxy groups -OCH3 is 2. The van der Waals surface area contributed by atoms with E-state index in [9.17, 15) is 49.5 Å². The molecular weight excluding hydrogens is 1420 g/mol. The van der Waals surface area contributed by atoms with Crippen LogP contribution in [0.25, 0.3) is 33.4 Å². The maximum atomic E-state index is 14.7. The lowest BCUT2D eigenvalue weighted by molar-refractivity contribution is -0.385. The number of amides is 2. The molecule has 2 N–H and O–H groups in total. The van der Waals surface area contributed by atoms with Gasteiger partial charge in [0.05, 0.1) is 67.1 Å². The van der Waals surface area contributed by atoms with Crippen molar-refractivity contribution in [3.63, 3.8) is 0 Å². The minimum atomic E-state index is -1.90. The van der Waals surface area contributed by atoms with E-state index in [0.717, 1.165) is 27.8 Å². The van der Waals surface area contributed by atoms with E-state index in [1.54, 1.807) is 87.0 Å². The van der Waals surface area contributed by atoms with E-state index in [2.05, 4.69) is 20.3 Å². The summed E-state index contributed by atoms with van der Waals surface area (Å²) in [5.74, 6) is 0.869. The van der Waals surface area contributed by atoms with E-state index in [0.29, 0.717) is 57.7 Å². The molecular formula is C81H77N8O19P. The summed E-state index contributed by atoms with van der Waals surface area (Å²) in [4.78, 5) is 93.4. The van der Waals surface area contributed by atoms with Gasteiger partial charge in [0.2, 0.25) is 0 Å². The number of nitrogens with one attached hydrogen (secondary N) is 2. The van der Waals surface area contributed by atoms with Crippen molar-refractivity contribution < 1.29 is 66.2 Å². The normalized spacial score (nSPS) is 14.6. The molecule has 560 valence electrons. The van der Waals surface area contributed by atoms with Gasteiger partial charge in [0.1, 0.15) is 52.3 Å². The summed E-state index contributed by atoms with van der Waals surface area (Å²) in [6.45, 7) is 8.25. The van der Waals surface area contributed by atoms with Crippen molar-refractivity contribution in [2.75, 3.05) is 51.3 Å². The Morgan fingerprint density at radius 2 is 1.17 bits per heavy atom. The number of benzene rings is 9. The van der Waals surface area contributed by atoms with E-state index in [4.69, 9.17) is 41.9 Å². The molecule has 0 saturated carbocycles. The number of aromatic nitrogens is 2. The van der Waals surface area contributed by atoms with Gasteiger partial charge in [0, 0.05) is 108 Å². The Kier molecular flexibility index (Phi) is 24.3. The molecule has 0 bridgehead atoms. The number of esters is 1. The molecule has 1 aliphatic carbocycles. The molecule has 2 amide bonds. The molecule has 9 aromatic rings. The van der Waals surface area contributed by atoms with Gasteiger partial charge in [-0.2, -0.15) is 4.98 Å². The zero-order chi connectivity index (χ0) is 76.9. The molecule has 0 spiro atoms. The Morgan fingerprint density at radius 3 is 1.73 bits per heavy atom. The maximum absolute atomic E-state index is 14.7. The molecule has 28 heteroatoms. The first-order valence-corrected chi connectivity index (χ1v) is 36.1. The van der Waals surface area contributed by atoms with Gasteiger partial charge in [-0.05, 0) is 140 Å². The van der Waals surface area contributed by atoms with Crippen LogP contribution in [0.1, 0.15) is 84.1 Å². The number of nitrogens with zero attached hydrogens (tertiary/aromatic N) is 6. The van der Waals surface area contributed by atoms with Gasteiger partial charge in [-0.1, -0.05) is 97.1 Å². The van der Waals surface area contributed by atoms with Crippen LogP contribution in [0.4, 0.5) is 33.4 Å². The lowest BCUT2D eigenvalue weighted by Crippen LogP contribution is -2.39. The molecule has 2 aliphatic heterocycles.